The number of anilines is 3. The number of nitrogens with two attached hydrogens (primary N) is 1. The molecule has 0 bridgehead atoms. The molecule has 7 heteroatoms. The van der Waals surface area contributed by atoms with E-state index < -0.39 is 0 Å². The number of hydrogen-bond donors (Lipinski definition) is 2. The van der Waals surface area contributed by atoms with E-state index in [-0.39, 0.29) is 0 Å². The van der Waals surface area contributed by atoms with Gasteiger partial charge in [0.1, 0.15) is 16.6 Å². The molecule has 0 aromatic carbocycles. The van der Waals surface area contributed by atoms with Gasteiger partial charge < -0.3 is 11.1 Å². The first-order chi connectivity index (χ1) is 7.16. The summed E-state index contributed by atoms with van der Waals surface area (Å²) in [6.45, 7) is 0. The number of nitrogens with zero attached hydrogens (tertiary/aromatic N) is 4. The smallest absolute Gasteiger partial charge is 0.153 e. The van der Waals surface area contributed by atoms with Crippen LogP contribution in [-0.4, -0.2) is 19.7 Å². The predicted molar refractivity (Wildman–Crippen MR) is 60.6 cm³/mol. The van der Waals surface area contributed by atoms with E-state index in [1.54, 1.807) is 4.68 Å². The molecule has 2 aromatic rings. The van der Waals surface area contributed by atoms with Crippen molar-refractivity contribution in [2.75, 3.05) is 11.1 Å². The van der Waals surface area contributed by atoms with Crippen LogP contribution in [0.15, 0.2) is 23.1 Å². The van der Waals surface area contributed by atoms with Crippen LogP contribution in [-0.2, 0) is 7.05 Å². The Morgan fingerprint density at radius 1 is 1.47 bits per heavy atom. The molecule has 2 rings (SSSR count). The van der Waals surface area contributed by atoms with E-state index >= 15 is 0 Å². The number of rotatable bonds is 2. The molecule has 0 unspecified atom stereocenters. The lowest BCUT2D eigenvalue weighted by molar-refractivity contribution is 0.771. The Hall–Kier alpha value is -1.63. The molecule has 0 spiro atoms. The van der Waals surface area contributed by atoms with Gasteiger partial charge in [-0.05, 0) is 15.9 Å². The Labute approximate surface area is 94.7 Å². The maximum Gasteiger partial charge on any atom is 0.153 e. The maximum absolute atomic E-state index is 5.62. The second-order valence-corrected chi connectivity index (χ2v) is 3.71. The van der Waals surface area contributed by atoms with Crippen LogP contribution in [0.5, 0.6) is 0 Å². The predicted octanol–water partition coefficient (Wildman–Crippen LogP) is 1.30. The third-order valence-corrected chi connectivity index (χ3v) is 2.56. The van der Waals surface area contributed by atoms with Gasteiger partial charge >= 0.3 is 0 Å². The largest absolute Gasteiger partial charge is 0.383 e. The first-order valence-corrected chi connectivity index (χ1v) is 4.99. The zero-order valence-electron chi connectivity index (χ0n) is 7.98. The normalized spacial score (nSPS) is 10.3. The maximum atomic E-state index is 5.62. The number of aryl methyl sites for hydroxylation is 1. The first kappa shape index (κ1) is 9.91. The zero-order chi connectivity index (χ0) is 10.8. The highest BCUT2D eigenvalue weighted by atomic mass is 79.9. The molecule has 0 saturated carbocycles. The number of aromatic nitrogens is 4. The van der Waals surface area contributed by atoms with E-state index in [1.807, 2.05) is 19.3 Å². The van der Waals surface area contributed by atoms with Gasteiger partial charge in [-0.3, -0.25) is 4.68 Å². The molecule has 3 N–H and O–H groups in total. The van der Waals surface area contributed by atoms with Crippen molar-refractivity contribution < 1.29 is 0 Å². The average molecular weight is 269 g/mol. The highest BCUT2D eigenvalue weighted by Crippen LogP contribution is 2.25. The minimum absolute atomic E-state index is 0.392. The quantitative estimate of drug-likeness (QED) is 0.858. The summed E-state index contributed by atoms with van der Waals surface area (Å²) in [5, 5.41) is 7.18. The summed E-state index contributed by atoms with van der Waals surface area (Å²) in [5.74, 6) is 1.70. The first-order valence-electron chi connectivity index (χ1n) is 4.19. The fourth-order valence-electron chi connectivity index (χ4n) is 1.07. The summed E-state index contributed by atoms with van der Waals surface area (Å²) in [6, 6.07) is 1.84. The van der Waals surface area contributed by atoms with Crippen LogP contribution in [0.4, 0.5) is 17.5 Å². The summed E-state index contributed by atoms with van der Waals surface area (Å²) < 4.78 is 2.33. The zero-order valence-corrected chi connectivity index (χ0v) is 9.56. The molecular weight excluding hydrogens is 260 g/mol. The molecule has 0 aliphatic carbocycles. The van der Waals surface area contributed by atoms with Crippen molar-refractivity contribution in [1.82, 2.24) is 19.7 Å². The van der Waals surface area contributed by atoms with Gasteiger partial charge in [0.05, 0.1) is 0 Å². The molecule has 0 fully saturated rings. The molecule has 0 radical (unpaired) electrons. The average Bonchev–Trinajstić information content (AvgIpc) is 2.59. The van der Waals surface area contributed by atoms with Crippen molar-refractivity contribution in [1.29, 1.82) is 0 Å². The second-order valence-electron chi connectivity index (χ2n) is 2.92. The summed E-state index contributed by atoms with van der Waals surface area (Å²) in [4.78, 5) is 7.89. The van der Waals surface area contributed by atoms with Gasteiger partial charge in [0, 0.05) is 19.3 Å². The topological polar surface area (TPSA) is 81.7 Å². The third-order valence-electron chi connectivity index (χ3n) is 1.78. The van der Waals surface area contributed by atoms with Gasteiger partial charge in [0.25, 0.3) is 0 Å². The molecule has 6 nitrogen and oxygen atoms in total. The SMILES string of the molecule is Cn1ccc(Nc2ncnc(N)c2Br)n1. The standard InChI is InChI=1S/C8H9BrN6/c1-15-3-2-5(14-15)13-8-6(9)7(10)11-4-12-8/h2-4H,1H3,(H3,10,11,12,13,14). The van der Waals surface area contributed by atoms with Gasteiger partial charge in [-0.1, -0.05) is 0 Å². The lowest BCUT2D eigenvalue weighted by Gasteiger charge is -2.04. The van der Waals surface area contributed by atoms with E-state index in [1.165, 1.54) is 6.33 Å². The summed E-state index contributed by atoms with van der Waals surface area (Å²) >= 11 is 3.30. The van der Waals surface area contributed by atoms with Crippen molar-refractivity contribution in [2.24, 2.45) is 7.05 Å². The molecule has 15 heavy (non-hydrogen) atoms. The van der Waals surface area contributed by atoms with Crippen LogP contribution in [0.3, 0.4) is 0 Å². The third kappa shape index (κ3) is 2.07. The Morgan fingerprint density at radius 3 is 2.93 bits per heavy atom. The Bertz CT molecular complexity index is 480. The molecule has 2 aromatic heterocycles. The monoisotopic (exact) mass is 268 g/mol. The van der Waals surface area contributed by atoms with Crippen molar-refractivity contribution in [3.05, 3.63) is 23.1 Å². The second kappa shape index (κ2) is 3.85. The minimum Gasteiger partial charge on any atom is -0.383 e. The van der Waals surface area contributed by atoms with Gasteiger partial charge in [0.15, 0.2) is 11.6 Å². The molecule has 0 saturated heterocycles. The van der Waals surface area contributed by atoms with Crippen LogP contribution in [0.2, 0.25) is 0 Å². The number of nitrogens with one attached hydrogen (secondary N) is 1. The van der Waals surface area contributed by atoms with E-state index in [0.717, 1.165) is 0 Å². The van der Waals surface area contributed by atoms with Crippen molar-refractivity contribution >= 4 is 33.4 Å². The van der Waals surface area contributed by atoms with Gasteiger partial charge in [0.2, 0.25) is 0 Å². The highest BCUT2D eigenvalue weighted by molar-refractivity contribution is 9.10. The Balaban J connectivity index is 2.28. The van der Waals surface area contributed by atoms with Crippen molar-refractivity contribution in [2.45, 2.75) is 0 Å². The van der Waals surface area contributed by atoms with Gasteiger partial charge in [-0.25, -0.2) is 9.97 Å². The number of hydrogen-bond acceptors (Lipinski definition) is 5. The van der Waals surface area contributed by atoms with E-state index in [0.29, 0.717) is 21.9 Å². The highest BCUT2D eigenvalue weighted by Gasteiger charge is 2.06. The summed E-state index contributed by atoms with van der Waals surface area (Å²) in [5.41, 5.74) is 5.62. The Morgan fingerprint density at radius 2 is 2.27 bits per heavy atom. The van der Waals surface area contributed by atoms with Crippen LogP contribution < -0.4 is 11.1 Å². The number of halogens is 1. The molecule has 2 heterocycles. The van der Waals surface area contributed by atoms with Crippen LogP contribution in [0.1, 0.15) is 0 Å². The summed E-state index contributed by atoms with van der Waals surface area (Å²) in [7, 11) is 1.84. The molecule has 78 valence electrons. The summed E-state index contributed by atoms with van der Waals surface area (Å²) in [6.07, 6.45) is 3.23. The lowest BCUT2D eigenvalue weighted by Crippen LogP contribution is -2.00. The molecule has 0 aliphatic rings. The van der Waals surface area contributed by atoms with Crippen molar-refractivity contribution in [3.8, 4) is 0 Å². The van der Waals surface area contributed by atoms with E-state index in [4.69, 9.17) is 5.73 Å². The van der Waals surface area contributed by atoms with Gasteiger partial charge in [-0.2, -0.15) is 5.10 Å². The number of nitrogen functional groups attached to an aromatic ring is 1. The molecule has 0 atom stereocenters. The lowest BCUT2D eigenvalue weighted by atomic mass is 10.5. The van der Waals surface area contributed by atoms with Crippen LogP contribution in [0, 0.1) is 0 Å². The van der Waals surface area contributed by atoms with E-state index in [9.17, 15) is 0 Å². The van der Waals surface area contributed by atoms with E-state index in [2.05, 4.69) is 36.3 Å². The van der Waals surface area contributed by atoms with Crippen LogP contribution >= 0.6 is 15.9 Å². The van der Waals surface area contributed by atoms with Crippen LogP contribution in [0.25, 0.3) is 0 Å². The van der Waals surface area contributed by atoms with Crippen molar-refractivity contribution in [3.63, 3.8) is 0 Å². The fourth-order valence-corrected chi connectivity index (χ4v) is 1.38. The molecular formula is C8H9BrN6. The van der Waals surface area contributed by atoms with Gasteiger partial charge in [-0.15, -0.1) is 0 Å². The fraction of sp³-hybridized carbons (Fsp3) is 0.125. The molecule has 0 aliphatic heterocycles. The Kier molecular flexibility index (Phi) is 2.55. The molecule has 0 amide bonds. The minimum atomic E-state index is 0.392.